The molecule has 0 unspecified atom stereocenters. The van der Waals surface area contributed by atoms with Gasteiger partial charge in [0.05, 0.1) is 21.6 Å². The molecule has 4 aromatic rings. The van der Waals surface area contributed by atoms with Crippen molar-refractivity contribution in [2.24, 2.45) is 0 Å². The molecule has 1 heterocycles. The number of nitro benzene ring substituents is 2. The fraction of sp³-hybridized carbons (Fsp3) is 0.0800. The number of non-ortho nitro benzene ring substituents is 1. The molecule has 1 aromatic heterocycles. The van der Waals surface area contributed by atoms with Gasteiger partial charge >= 0.3 is 5.69 Å². The summed E-state index contributed by atoms with van der Waals surface area (Å²) in [6.45, 7) is 1.74. The van der Waals surface area contributed by atoms with Gasteiger partial charge in [-0.15, -0.1) is 0 Å². The summed E-state index contributed by atoms with van der Waals surface area (Å²) in [6, 6.07) is 19.8. The molecule has 182 valence electrons. The smallest absolute Gasteiger partial charge is 0.310 e. The van der Waals surface area contributed by atoms with Gasteiger partial charge in [-0.25, -0.2) is 0 Å². The number of nitrogens with one attached hydrogen (secondary N) is 1. The van der Waals surface area contributed by atoms with E-state index in [1.165, 1.54) is 48.5 Å². The molecular formula is C25H19N3O8. The Morgan fingerprint density at radius 2 is 1.72 bits per heavy atom. The predicted octanol–water partition coefficient (Wildman–Crippen LogP) is 6.03. The maximum atomic E-state index is 12.7. The van der Waals surface area contributed by atoms with E-state index >= 15 is 0 Å². The van der Waals surface area contributed by atoms with Gasteiger partial charge in [0.25, 0.3) is 11.6 Å². The van der Waals surface area contributed by atoms with Gasteiger partial charge < -0.3 is 19.2 Å². The van der Waals surface area contributed by atoms with Crippen LogP contribution in [0.1, 0.15) is 21.9 Å². The van der Waals surface area contributed by atoms with E-state index in [-0.39, 0.29) is 46.7 Å². The minimum atomic E-state index is -0.658. The Labute approximate surface area is 204 Å². The van der Waals surface area contributed by atoms with Crippen molar-refractivity contribution in [3.05, 3.63) is 116 Å². The summed E-state index contributed by atoms with van der Waals surface area (Å²) < 4.78 is 16.7. The van der Waals surface area contributed by atoms with Crippen LogP contribution >= 0.6 is 0 Å². The van der Waals surface area contributed by atoms with Gasteiger partial charge in [0.15, 0.2) is 11.5 Å². The summed E-state index contributed by atoms with van der Waals surface area (Å²) in [7, 11) is 0. The molecule has 0 atom stereocenters. The third kappa shape index (κ3) is 5.83. The molecule has 0 saturated carbocycles. The first-order valence-corrected chi connectivity index (χ1v) is 10.6. The number of hydrogen-bond donors (Lipinski definition) is 1. The van der Waals surface area contributed by atoms with Crippen LogP contribution in [0.2, 0.25) is 0 Å². The van der Waals surface area contributed by atoms with Gasteiger partial charge in [0.2, 0.25) is 0 Å². The highest BCUT2D eigenvalue weighted by atomic mass is 16.6. The Bertz CT molecular complexity index is 1450. The third-order valence-electron chi connectivity index (χ3n) is 4.90. The van der Waals surface area contributed by atoms with Crippen molar-refractivity contribution >= 4 is 23.0 Å². The van der Waals surface area contributed by atoms with Gasteiger partial charge in [-0.1, -0.05) is 24.3 Å². The number of furan rings is 1. The lowest BCUT2D eigenvalue weighted by Gasteiger charge is -2.09. The lowest BCUT2D eigenvalue weighted by molar-refractivity contribution is -0.386. The van der Waals surface area contributed by atoms with Crippen LogP contribution in [-0.4, -0.2) is 15.8 Å². The minimum Gasteiger partial charge on any atom is -0.479 e. The number of hydrogen-bond acceptors (Lipinski definition) is 8. The van der Waals surface area contributed by atoms with Gasteiger partial charge in [-0.05, 0) is 42.8 Å². The Hall–Kier alpha value is -5.19. The number of para-hydroxylation sites is 2. The third-order valence-corrected chi connectivity index (χ3v) is 4.90. The molecule has 0 fully saturated rings. The molecule has 0 radical (unpaired) electrons. The van der Waals surface area contributed by atoms with Gasteiger partial charge in [0, 0.05) is 18.2 Å². The SMILES string of the molecule is Cc1cccc(Oc2cc(NC(=O)c3ccc(COc4ccccc4[N+](=O)[O-])o3)cc([N+](=O)[O-])c2)c1. The maximum absolute atomic E-state index is 12.7. The molecule has 1 amide bonds. The predicted molar refractivity (Wildman–Crippen MR) is 128 cm³/mol. The zero-order chi connectivity index (χ0) is 25.7. The molecule has 1 N–H and O–H groups in total. The van der Waals surface area contributed by atoms with E-state index in [0.717, 1.165) is 5.56 Å². The Morgan fingerprint density at radius 3 is 2.47 bits per heavy atom. The topological polar surface area (TPSA) is 147 Å². The number of aryl methyl sites for hydroxylation is 1. The summed E-state index contributed by atoms with van der Waals surface area (Å²) in [5.41, 5.74) is 0.613. The molecule has 3 aromatic carbocycles. The van der Waals surface area contributed by atoms with Crippen LogP contribution < -0.4 is 14.8 Å². The Kier molecular flexibility index (Phi) is 6.91. The van der Waals surface area contributed by atoms with Crippen LogP contribution in [0.4, 0.5) is 17.1 Å². The van der Waals surface area contributed by atoms with Gasteiger partial charge in [0.1, 0.15) is 23.9 Å². The number of ether oxygens (including phenoxy) is 2. The number of amides is 1. The molecule has 11 nitrogen and oxygen atoms in total. The second-order valence-corrected chi connectivity index (χ2v) is 7.62. The van der Waals surface area contributed by atoms with E-state index in [1.807, 2.05) is 13.0 Å². The zero-order valence-electron chi connectivity index (χ0n) is 18.9. The molecule has 0 aliphatic carbocycles. The summed E-state index contributed by atoms with van der Waals surface area (Å²) in [4.78, 5) is 34.0. The molecule has 0 aliphatic rings. The average Bonchev–Trinajstić information content (AvgIpc) is 3.32. The van der Waals surface area contributed by atoms with Crippen molar-refractivity contribution in [3.63, 3.8) is 0 Å². The quantitative estimate of drug-likeness (QED) is 0.221. The molecule has 11 heteroatoms. The number of benzene rings is 3. The van der Waals surface area contributed by atoms with E-state index in [0.29, 0.717) is 5.75 Å². The number of nitro groups is 2. The fourth-order valence-electron chi connectivity index (χ4n) is 3.28. The van der Waals surface area contributed by atoms with Crippen LogP contribution in [0.15, 0.2) is 83.3 Å². The minimum absolute atomic E-state index is 0.0580. The second-order valence-electron chi connectivity index (χ2n) is 7.62. The maximum Gasteiger partial charge on any atom is 0.310 e. The van der Waals surface area contributed by atoms with Crippen molar-refractivity contribution in [2.75, 3.05) is 5.32 Å². The molecule has 0 bridgehead atoms. The normalized spacial score (nSPS) is 10.5. The zero-order valence-corrected chi connectivity index (χ0v) is 18.9. The van der Waals surface area contributed by atoms with Gasteiger partial charge in [-0.3, -0.25) is 25.0 Å². The van der Waals surface area contributed by atoms with Crippen molar-refractivity contribution in [3.8, 4) is 17.2 Å². The summed E-state index contributed by atoms with van der Waals surface area (Å²) in [5.74, 6) is 0.228. The first-order valence-electron chi connectivity index (χ1n) is 10.6. The van der Waals surface area contributed by atoms with Crippen LogP contribution in [0.5, 0.6) is 17.2 Å². The molecule has 0 spiro atoms. The highest BCUT2D eigenvalue weighted by Gasteiger charge is 2.18. The van der Waals surface area contributed by atoms with Gasteiger partial charge in [-0.2, -0.15) is 0 Å². The molecule has 36 heavy (non-hydrogen) atoms. The first kappa shape index (κ1) is 24.0. The van der Waals surface area contributed by atoms with Crippen molar-refractivity contribution in [1.82, 2.24) is 0 Å². The fourth-order valence-corrected chi connectivity index (χ4v) is 3.28. The Morgan fingerprint density at radius 1 is 0.917 bits per heavy atom. The van der Waals surface area contributed by atoms with Crippen molar-refractivity contribution in [1.29, 1.82) is 0 Å². The van der Waals surface area contributed by atoms with Crippen LogP contribution in [0, 0.1) is 27.2 Å². The van der Waals surface area contributed by atoms with E-state index in [9.17, 15) is 25.0 Å². The van der Waals surface area contributed by atoms with E-state index in [2.05, 4.69) is 5.32 Å². The number of rotatable bonds is 9. The monoisotopic (exact) mass is 489 g/mol. The highest BCUT2D eigenvalue weighted by molar-refractivity contribution is 6.02. The number of nitrogens with zero attached hydrogens (tertiary/aromatic N) is 2. The highest BCUT2D eigenvalue weighted by Crippen LogP contribution is 2.31. The second kappa shape index (κ2) is 10.4. The number of carbonyl (C=O) groups excluding carboxylic acids is 1. The molecule has 0 saturated heterocycles. The average molecular weight is 489 g/mol. The standard InChI is InChI=1S/C25H19N3O8/c1-16-5-4-6-19(11-16)35-21-13-17(12-18(14-21)27(30)31)26-25(29)24-10-9-20(36-24)15-34-23-8-3-2-7-22(23)28(32)33/h2-14H,15H2,1H3,(H,26,29). The van der Waals surface area contributed by atoms with E-state index < -0.39 is 15.8 Å². The van der Waals surface area contributed by atoms with Crippen LogP contribution in [-0.2, 0) is 6.61 Å². The number of carbonyl (C=O) groups is 1. The first-order chi connectivity index (χ1) is 17.3. The number of anilines is 1. The largest absolute Gasteiger partial charge is 0.479 e. The molecule has 4 rings (SSSR count). The van der Waals surface area contributed by atoms with Crippen molar-refractivity contribution in [2.45, 2.75) is 13.5 Å². The van der Waals surface area contributed by atoms with Crippen molar-refractivity contribution < 1.29 is 28.5 Å². The van der Waals surface area contributed by atoms with E-state index in [1.54, 1.807) is 24.3 Å². The summed E-state index contributed by atoms with van der Waals surface area (Å²) >= 11 is 0. The molecular weight excluding hydrogens is 470 g/mol. The van der Waals surface area contributed by atoms with E-state index in [4.69, 9.17) is 13.9 Å². The Balaban J connectivity index is 1.47. The summed E-state index contributed by atoms with van der Waals surface area (Å²) in [5, 5.41) is 25.0. The molecule has 0 aliphatic heterocycles. The van der Waals surface area contributed by atoms with Crippen LogP contribution in [0.25, 0.3) is 0 Å². The lowest BCUT2D eigenvalue weighted by Crippen LogP contribution is -2.11. The van der Waals surface area contributed by atoms with Crippen LogP contribution in [0.3, 0.4) is 0 Å². The summed E-state index contributed by atoms with van der Waals surface area (Å²) in [6.07, 6.45) is 0. The lowest BCUT2D eigenvalue weighted by atomic mass is 10.2.